The second-order valence-corrected chi connectivity index (χ2v) is 6.58. The summed E-state index contributed by atoms with van der Waals surface area (Å²) in [7, 11) is -1.98. The number of ether oxygens (including phenoxy) is 1. The molecule has 3 aliphatic rings. The van der Waals surface area contributed by atoms with Crippen molar-refractivity contribution in [3.05, 3.63) is 0 Å². The number of aliphatic hydroxyl groups excluding tert-OH is 1. The van der Waals surface area contributed by atoms with Gasteiger partial charge in [0.1, 0.15) is 12.2 Å². The summed E-state index contributed by atoms with van der Waals surface area (Å²) < 4.78 is 26.0. The molecule has 0 aromatic heterocycles. The first-order valence-electron chi connectivity index (χ1n) is 6.00. The van der Waals surface area contributed by atoms with Gasteiger partial charge in [-0.05, 0) is 0 Å². The Labute approximate surface area is 114 Å². The number of hydrogen-bond acceptors (Lipinski definition) is 7. The van der Waals surface area contributed by atoms with Crippen LogP contribution in [0.1, 0.15) is 0 Å². The number of hydrogen-bond donors (Lipinski definition) is 2. The van der Waals surface area contributed by atoms with Crippen molar-refractivity contribution in [2.75, 3.05) is 14.2 Å². The van der Waals surface area contributed by atoms with Crippen LogP contribution in [-0.4, -0.2) is 65.3 Å². The maximum atomic E-state index is 12.0. The summed E-state index contributed by atoms with van der Waals surface area (Å²) in [4.78, 5) is 34.2. The summed E-state index contributed by atoms with van der Waals surface area (Å²) in [5.41, 5.74) is 0. The van der Waals surface area contributed by atoms with Gasteiger partial charge in [0.05, 0.1) is 24.0 Å². The predicted octanol–water partition coefficient (Wildman–Crippen LogP) is -1.51. The van der Waals surface area contributed by atoms with Crippen molar-refractivity contribution in [1.29, 1.82) is 0 Å². The SMILES string of the molecule is COP(=O)(O)OC1C(O)C2OC1C1C(=O)N(C)C(=O)C21. The first-order chi connectivity index (χ1) is 9.28. The largest absolute Gasteiger partial charge is 0.472 e. The number of rotatable bonds is 3. The topological polar surface area (TPSA) is 123 Å². The average molecular weight is 307 g/mol. The Morgan fingerprint density at radius 1 is 1.25 bits per heavy atom. The molecule has 2 amide bonds. The van der Waals surface area contributed by atoms with Crippen LogP contribution in [0.4, 0.5) is 0 Å². The third kappa shape index (κ3) is 1.71. The molecule has 20 heavy (non-hydrogen) atoms. The Bertz CT molecular complexity index is 523. The standard InChI is InChI=1S/C10H14NO8P/c1-11-9(13)3-4(10(11)14)7-8(5(12)6(3)18-7)19-20(15,16)17-2/h3-8,12H,1-2H3,(H,15,16). The van der Waals surface area contributed by atoms with Crippen LogP contribution in [0.2, 0.25) is 0 Å². The molecule has 112 valence electrons. The van der Waals surface area contributed by atoms with E-state index in [1.165, 1.54) is 7.05 Å². The van der Waals surface area contributed by atoms with E-state index in [2.05, 4.69) is 4.52 Å². The van der Waals surface area contributed by atoms with E-state index in [-0.39, 0.29) is 0 Å². The molecular formula is C10H14NO8P. The lowest BCUT2D eigenvalue weighted by Crippen LogP contribution is -2.48. The van der Waals surface area contributed by atoms with Crippen LogP contribution in [0, 0.1) is 11.8 Å². The van der Waals surface area contributed by atoms with Gasteiger partial charge in [0.2, 0.25) is 11.8 Å². The molecule has 0 saturated carbocycles. The number of imide groups is 1. The number of phosphoric acid groups is 1. The third-order valence-electron chi connectivity index (χ3n) is 4.12. The molecule has 0 aromatic carbocycles. The summed E-state index contributed by atoms with van der Waals surface area (Å²) >= 11 is 0. The van der Waals surface area contributed by atoms with Gasteiger partial charge in [0.25, 0.3) is 0 Å². The van der Waals surface area contributed by atoms with Crippen molar-refractivity contribution in [1.82, 2.24) is 4.90 Å². The summed E-state index contributed by atoms with van der Waals surface area (Å²) in [5, 5.41) is 10.1. The van der Waals surface area contributed by atoms with E-state index in [1.54, 1.807) is 0 Å². The molecule has 9 nitrogen and oxygen atoms in total. The zero-order valence-electron chi connectivity index (χ0n) is 10.7. The highest BCUT2D eigenvalue weighted by Gasteiger charge is 2.69. The minimum Gasteiger partial charge on any atom is -0.388 e. The van der Waals surface area contributed by atoms with Crippen molar-refractivity contribution >= 4 is 19.6 Å². The summed E-state index contributed by atoms with van der Waals surface area (Å²) in [6, 6.07) is 0. The van der Waals surface area contributed by atoms with Gasteiger partial charge in [-0.15, -0.1) is 0 Å². The van der Waals surface area contributed by atoms with Crippen molar-refractivity contribution < 1.29 is 37.9 Å². The Morgan fingerprint density at radius 3 is 2.35 bits per heavy atom. The molecule has 3 fully saturated rings. The number of amides is 2. The number of fused-ring (bicyclic) bond motifs is 5. The molecule has 0 spiro atoms. The fourth-order valence-electron chi connectivity index (χ4n) is 3.18. The Kier molecular flexibility index (Phi) is 3.06. The highest BCUT2D eigenvalue weighted by atomic mass is 31.2. The normalized spacial score (nSPS) is 45.9. The van der Waals surface area contributed by atoms with Crippen LogP contribution >= 0.6 is 7.82 Å². The number of phosphoric ester groups is 1. The van der Waals surface area contributed by atoms with Gasteiger partial charge in [0, 0.05) is 14.2 Å². The van der Waals surface area contributed by atoms with Crippen molar-refractivity contribution in [2.24, 2.45) is 11.8 Å². The lowest BCUT2D eigenvalue weighted by Gasteiger charge is -2.29. The van der Waals surface area contributed by atoms with Gasteiger partial charge in [-0.25, -0.2) is 4.57 Å². The van der Waals surface area contributed by atoms with Gasteiger partial charge in [-0.1, -0.05) is 0 Å². The number of aliphatic hydroxyl groups is 1. The number of nitrogens with zero attached hydrogens (tertiary/aromatic N) is 1. The molecule has 0 aliphatic carbocycles. The molecule has 0 radical (unpaired) electrons. The smallest absolute Gasteiger partial charge is 0.388 e. The van der Waals surface area contributed by atoms with Crippen LogP contribution in [0.3, 0.4) is 0 Å². The Hall–Kier alpha value is -0.830. The Balaban J connectivity index is 1.88. The van der Waals surface area contributed by atoms with E-state index < -0.39 is 55.9 Å². The highest BCUT2D eigenvalue weighted by Crippen LogP contribution is 2.54. The molecule has 7 unspecified atom stereocenters. The lowest BCUT2D eigenvalue weighted by molar-refractivity contribution is -0.141. The molecule has 3 saturated heterocycles. The maximum Gasteiger partial charge on any atom is 0.472 e. The quantitative estimate of drug-likeness (QED) is 0.476. The fourth-order valence-corrected chi connectivity index (χ4v) is 3.82. The van der Waals surface area contributed by atoms with E-state index in [9.17, 15) is 24.2 Å². The van der Waals surface area contributed by atoms with Crippen molar-refractivity contribution in [3.8, 4) is 0 Å². The van der Waals surface area contributed by atoms with Crippen LogP contribution in [0.5, 0.6) is 0 Å². The van der Waals surface area contributed by atoms with Crippen LogP contribution in [0.25, 0.3) is 0 Å². The van der Waals surface area contributed by atoms with Crippen molar-refractivity contribution in [3.63, 3.8) is 0 Å². The third-order valence-corrected chi connectivity index (χ3v) is 5.09. The lowest BCUT2D eigenvalue weighted by atomic mass is 9.78. The zero-order chi connectivity index (χ0) is 14.8. The summed E-state index contributed by atoms with van der Waals surface area (Å²) in [6.07, 6.45) is -4.29. The monoisotopic (exact) mass is 307 g/mol. The van der Waals surface area contributed by atoms with E-state index in [0.717, 1.165) is 12.0 Å². The number of likely N-dealkylation sites (tertiary alicyclic amines) is 1. The maximum absolute atomic E-state index is 12.0. The highest BCUT2D eigenvalue weighted by molar-refractivity contribution is 7.47. The van der Waals surface area contributed by atoms with Gasteiger partial charge >= 0.3 is 7.82 Å². The van der Waals surface area contributed by atoms with E-state index in [1.807, 2.05) is 0 Å². The zero-order valence-corrected chi connectivity index (χ0v) is 11.6. The van der Waals surface area contributed by atoms with Crippen LogP contribution in [-0.2, 0) is 27.9 Å². The van der Waals surface area contributed by atoms with Gasteiger partial charge in [-0.2, -0.15) is 0 Å². The molecule has 0 aromatic rings. The first-order valence-corrected chi connectivity index (χ1v) is 7.50. The molecule has 7 atom stereocenters. The molecule has 3 aliphatic heterocycles. The second kappa shape index (κ2) is 4.33. The first kappa shape index (κ1) is 14.1. The summed E-state index contributed by atoms with van der Waals surface area (Å²) in [5.74, 6) is -2.39. The predicted molar refractivity (Wildman–Crippen MR) is 61.1 cm³/mol. The second-order valence-electron chi connectivity index (χ2n) is 5.06. The average Bonchev–Trinajstić information content (AvgIpc) is 2.99. The fraction of sp³-hybridized carbons (Fsp3) is 0.800. The van der Waals surface area contributed by atoms with Gasteiger partial charge in [-0.3, -0.25) is 23.5 Å². The van der Waals surface area contributed by atoms with Gasteiger partial charge < -0.3 is 14.7 Å². The Morgan fingerprint density at radius 2 is 1.80 bits per heavy atom. The summed E-state index contributed by atoms with van der Waals surface area (Å²) in [6.45, 7) is 0. The molecule has 2 N–H and O–H groups in total. The minimum atomic E-state index is -4.33. The molecule has 3 rings (SSSR count). The molecule has 2 bridgehead atoms. The van der Waals surface area contributed by atoms with E-state index in [0.29, 0.717) is 0 Å². The molecule has 3 heterocycles. The van der Waals surface area contributed by atoms with Gasteiger partial charge in [0.15, 0.2) is 0 Å². The van der Waals surface area contributed by atoms with Crippen LogP contribution in [0.15, 0.2) is 0 Å². The minimum absolute atomic E-state index is 0.413. The van der Waals surface area contributed by atoms with Crippen molar-refractivity contribution in [2.45, 2.75) is 24.4 Å². The number of carbonyl (C=O) groups excluding carboxylic acids is 2. The van der Waals surface area contributed by atoms with Crippen LogP contribution < -0.4 is 0 Å². The molecule has 10 heteroatoms. The van der Waals surface area contributed by atoms with E-state index >= 15 is 0 Å². The number of carbonyl (C=O) groups is 2. The molecular weight excluding hydrogens is 293 g/mol. The van der Waals surface area contributed by atoms with E-state index in [4.69, 9.17) is 9.26 Å².